The van der Waals surface area contributed by atoms with Crippen molar-refractivity contribution in [3.63, 3.8) is 0 Å². The first-order valence-electron chi connectivity index (χ1n) is 13.5. The van der Waals surface area contributed by atoms with Crippen LogP contribution in [-0.4, -0.2) is 49.4 Å². The number of Topliss-reactive ketones (excluding diaryl/α,β-unsaturated/α-hetero) is 1. The fraction of sp³-hybridized carbons (Fsp3) is 0.533. The largest absolute Gasteiger partial charge is 0.486 e. The third-order valence-corrected chi connectivity index (χ3v) is 7.41. The van der Waals surface area contributed by atoms with Crippen LogP contribution < -0.4 is 15.2 Å². The molecule has 1 atom stereocenters. The standard InChI is InChI=1S/C30H40N2O4/c1-22-11-13-23(14-12-22)27(33)10-3-2-9-25(30(31)34)26-21-29-28(35-18-19-36-29)20-24(26)8-4-5-15-32-16-6-7-17-32/h11-14,20-21,25H,2-10,15-19H2,1H3,(H2,31,34). The summed E-state index contributed by atoms with van der Waals surface area (Å²) in [5.74, 6) is 0.867. The number of ketones is 1. The van der Waals surface area contributed by atoms with E-state index in [2.05, 4.69) is 11.0 Å². The van der Waals surface area contributed by atoms with Crippen LogP contribution in [0.3, 0.4) is 0 Å². The van der Waals surface area contributed by atoms with Gasteiger partial charge >= 0.3 is 0 Å². The van der Waals surface area contributed by atoms with Crippen LogP contribution in [-0.2, 0) is 11.2 Å². The van der Waals surface area contributed by atoms with E-state index < -0.39 is 5.92 Å². The molecule has 0 bridgehead atoms. The second kappa shape index (κ2) is 12.9. The van der Waals surface area contributed by atoms with Gasteiger partial charge in [-0.1, -0.05) is 36.2 Å². The van der Waals surface area contributed by atoms with Crippen molar-refractivity contribution in [3.8, 4) is 11.5 Å². The molecule has 36 heavy (non-hydrogen) atoms. The van der Waals surface area contributed by atoms with Gasteiger partial charge in [-0.3, -0.25) is 9.59 Å². The normalized spacial score (nSPS) is 16.1. The highest BCUT2D eigenvalue weighted by Crippen LogP contribution is 2.38. The van der Waals surface area contributed by atoms with Gasteiger partial charge in [-0.05, 0) is 94.8 Å². The second-order valence-electron chi connectivity index (χ2n) is 10.2. The molecule has 194 valence electrons. The molecule has 1 amide bonds. The molecule has 4 rings (SSSR count). The highest BCUT2D eigenvalue weighted by atomic mass is 16.6. The third kappa shape index (κ3) is 7.10. The van der Waals surface area contributed by atoms with Crippen LogP contribution in [0.2, 0.25) is 0 Å². The molecule has 6 nitrogen and oxygen atoms in total. The van der Waals surface area contributed by atoms with Crippen LogP contribution in [0.15, 0.2) is 36.4 Å². The van der Waals surface area contributed by atoms with Crippen molar-refractivity contribution in [1.82, 2.24) is 4.90 Å². The Bertz CT molecular complexity index is 1030. The SMILES string of the molecule is Cc1ccc(C(=O)CCCCC(C(N)=O)c2cc3c(cc2CCCCN2CCCC2)OCCO3)cc1. The summed E-state index contributed by atoms with van der Waals surface area (Å²) in [4.78, 5) is 27.7. The highest BCUT2D eigenvalue weighted by molar-refractivity contribution is 5.96. The Morgan fingerprint density at radius 3 is 2.33 bits per heavy atom. The monoisotopic (exact) mass is 492 g/mol. The van der Waals surface area contributed by atoms with Crippen LogP contribution in [0, 0.1) is 6.92 Å². The molecule has 2 aromatic rings. The Kier molecular flexibility index (Phi) is 9.40. The summed E-state index contributed by atoms with van der Waals surface area (Å²) in [7, 11) is 0. The topological polar surface area (TPSA) is 81.9 Å². The molecule has 6 heteroatoms. The smallest absolute Gasteiger partial charge is 0.224 e. The van der Waals surface area contributed by atoms with E-state index in [4.69, 9.17) is 15.2 Å². The lowest BCUT2D eigenvalue weighted by molar-refractivity contribution is -0.119. The average Bonchev–Trinajstić information content (AvgIpc) is 3.40. The van der Waals surface area contributed by atoms with E-state index in [1.54, 1.807) is 0 Å². The first kappa shape index (κ1) is 26.2. The number of hydrogen-bond acceptors (Lipinski definition) is 5. The van der Waals surface area contributed by atoms with Crippen LogP contribution in [0.25, 0.3) is 0 Å². The van der Waals surface area contributed by atoms with Gasteiger partial charge < -0.3 is 20.1 Å². The van der Waals surface area contributed by atoms with Gasteiger partial charge in [-0.25, -0.2) is 0 Å². The number of nitrogens with zero attached hydrogens (tertiary/aromatic N) is 1. The molecule has 2 heterocycles. The Morgan fingerprint density at radius 1 is 0.944 bits per heavy atom. The molecule has 1 fully saturated rings. The molecule has 0 spiro atoms. The minimum absolute atomic E-state index is 0.142. The van der Waals surface area contributed by atoms with Gasteiger partial charge in [0, 0.05) is 12.0 Å². The van der Waals surface area contributed by atoms with E-state index in [1.807, 2.05) is 37.3 Å². The van der Waals surface area contributed by atoms with Crippen molar-refractivity contribution in [1.29, 1.82) is 0 Å². The molecular formula is C30H40N2O4. The summed E-state index contributed by atoms with van der Waals surface area (Å²) >= 11 is 0. The Labute approximate surface area is 215 Å². The molecule has 0 saturated carbocycles. The van der Waals surface area contributed by atoms with Gasteiger partial charge in [0.1, 0.15) is 13.2 Å². The number of unbranched alkanes of at least 4 members (excludes halogenated alkanes) is 2. The van der Waals surface area contributed by atoms with Crippen molar-refractivity contribution in [2.24, 2.45) is 5.73 Å². The van der Waals surface area contributed by atoms with Crippen molar-refractivity contribution in [2.45, 2.75) is 70.6 Å². The lowest BCUT2D eigenvalue weighted by atomic mass is 9.86. The molecule has 0 radical (unpaired) electrons. The summed E-state index contributed by atoms with van der Waals surface area (Å²) in [5.41, 5.74) is 9.88. The number of amides is 1. The first-order chi connectivity index (χ1) is 17.5. The van der Waals surface area contributed by atoms with Gasteiger partial charge in [0.05, 0.1) is 5.92 Å². The van der Waals surface area contributed by atoms with Crippen molar-refractivity contribution in [2.75, 3.05) is 32.8 Å². The van der Waals surface area contributed by atoms with Crippen molar-refractivity contribution in [3.05, 3.63) is 58.7 Å². The van der Waals surface area contributed by atoms with Crippen LogP contribution >= 0.6 is 0 Å². The Balaban J connectivity index is 1.38. The Hall–Kier alpha value is -2.86. The molecule has 0 aromatic heterocycles. The number of benzene rings is 2. The minimum atomic E-state index is -0.399. The third-order valence-electron chi connectivity index (χ3n) is 7.41. The number of hydrogen-bond donors (Lipinski definition) is 1. The highest BCUT2D eigenvalue weighted by Gasteiger charge is 2.25. The molecule has 2 aliphatic rings. The number of ether oxygens (including phenoxy) is 2. The van der Waals surface area contributed by atoms with Crippen molar-refractivity contribution >= 4 is 11.7 Å². The number of primary amides is 1. The van der Waals surface area contributed by atoms with E-state index in [9.17, 15) is 9.59 Å². The number of fused-ring (bicyclic) bond motifs is 1. The zero-order valence-corrected chi connectivity index (χ0v) is 21.6. The van der Waals surface area contributed by atoms with Gasteiger partial charge in [0.25, 0.3) is 0 Å². The fourth-order valence-electron chi connectivity index (χ4n) is 5.31. The molecular weight excluding hydrogens is 452 g/mol. The maximum Gasteiger partial charge on any atom is 0.224 e. The summed E-state index contributed by atoms with van der Waals surface area (Å²) in [6, 6.07) is 11.7. The van der Waals surface area contributed by atoms with Crippen LogP contribution in [0.1, 0.15) is 84.3 Å². The Morgan fingerprint density at radius 2 is 1.64 bits per heavy atom. The number of rotatable bonds is 13. The number of carbonyl (C=O) groups is 2. The maximum atomic E-state index is 12.6. The minimum Gasteiger partial charge on any atom is -0.486 e. The average molecular weight is 493 g/mol. The predicted octanol–water partition coefficient (Wildman–Crippen LogP) is 5.20. The molecule has 2 aromatic carbocycles. The summed E-state index contributed by atoms with van der Waals surface area (Å²) in [5, 5.41) is 0. The van der Waals surface area contributed by atoms with Crippen molar-refractivity contribution < 1.29 is 19.1 Å². The van der Waals surface area contributed by atoms with E-state index in [-0.39, 0.29) is 11.7 Å². The van der Waals surface area contributed by atoms with Crippen LogP contribution in [0.5, 0.6) is 11.5 Å². The first-order valence-corrected chi connectivity index (χ1v) is 13.5. The number of nitrogens with two attached hydrogens (primary N) is 1. The molecule has 0 aliphatic carbocycles. The summed E-state index contributed by atoms with van der Waals surface area (Å²) in [6.45, 7) is 6.61. The van der Waals surface area contributed by atoms with E-state index in [1.165, 1.54) is 25.9 Å². The predicted molar refractivity (Wildman–Crippen MR) is 142 cm³/mol. The molecule has 1 unspecified atom stereocenters. The lowest BCUT2D eigenvalue weighted by Gasteiger charge is -2.24. The maximum absolute atomic E-state index is 12.6. The van der Waals surface area contributed by atoms with E-state index in [0.29, 0.717) is 31.8 Å². The number of carbonyl (C=O) groups excluding carboxylic acids is 2. The number of aryl methyl sites for hydroxylation is 2. The number of likely N-dealkylation sites (tertiary alicyclic amines) is 1. The van der Waals surface area contributed by atoms with Gasteiger partial charge in [0.2, 0.25) is 5.91 Å². The zero-order chi connectivity index (χ0) is 25.3. The van der Waals surface area contributed by atoms with Gasteiger partial charge in [-0.2, -0.15) is 0 Å². The van der Waals surface area contributed by atoms with Crippen LogP contribution in [0.4, 0.5) is 0 Å². The quantitative estimate of drug-likeness (QED) is 0.307. The lowest BCUT2D eigenvalue weighted by Crippen LogP contribution is -2.24. The van der Waals surface area contributed by atoms with Gasteiger partial charge in [0.15, 0.2) is 17.3 Å². The summed E-state index contributed by atoms with van der Waals surface area (Å²) < 4.78 is 11.7. The van der Waals surface area contributed by atoms with E-state index in [0.717, 1.165) is 66.7 Å². The van der Waals surface area contributed by atoms with E-state index >= 15 is 0 Å². The molecule has 2 aliphatic heterocycles. The van der Waals surface area contributed by atoms with Gasteiger partial charge in [-0.15, -0.1) is 0 Å². The molecule has 1 saturated heterocycles. The molecule has 2 N–H and O–H groups in total. The summed E-state index contributed by atoms with van der Waals surface area (Å²) in [6.07, 6.45) is 8.27. The fourth-order valence-corrected chi connectivity index (χ4v) is 5.31. The zero-order valence-electron chi connectivity index (χ0n) is 21.6. The second-order valence-corrected chi connectivity index (χ2v) is 10.2.